The van der Waals surface area contributed by atoms with Gasteiger partial charge >= 0.3 is 0 Å². The van der Waals surface area contributed by atoms with Crippen molar-refractivity contribution in [2.24, 2.45) is 0 Å². The first kappa shape index (κ1) is 19.6. The second-order valence-corrected chi connectivity index (χ2v) is 8.98. The average Bonchev–Trinajstić information content (AvgIpc) is 2.91. The van der Waals surface area contributed by atoms with Crippen LogP contribution in [0.1, 0.15) is 58.8 Å². The van der Waals surface area contributed by atoms with Crippen LogP contribution in [0.15, 0.2) is 0 Å². The summed E-state index contributed by atoms with van der Waals surface area (Å²) >= 11 is 0. The van der Waals surface area contributed by atoms with Crippen molar-refractivity contribution in [3.8, 4) is 0 Å². The monoisotopic (exact) mass is 350 g/mol. The second-order valence-electron chi connectivity index (χ2n) is 8.98. The van der Waals surface area contributed by atoms with Gasteiger partial charge in [0.15, 0.2) is 0 Å². The van der Waals surface area contributed by atoms with Gasteiger partial charge in [0.05, 0.1) is 0 Å². The summed E-state index contributed by atoms with van der Waals surface area (Å²) in [4.78, 5) is 10.8. The molecule has 1 saturated carbocycles. The highest BCUT2D eigenvalue weighted by Gasteiger charge is 2.28. The second kappa shape index (κ2) is 9.68. The van der Waals surface area contributed by atoms with Gasteiger partial charge in [-0.25, -0.2) is 0 Å². The Balaban J connectivity index is 1.38. The standard InChI is InChI=1S/C21H42N4/c1-19(23-12-5-11-22(3)15-16-23)9-10-20(2)24-13-6-14-25(18-17-24)21-7-4-8-21/h19-21H,4-18H2,1-3H3. The lowest BCUT2D eigenvalue weighted by molar-refractivity contribution is 0.124. The number of hydrogen-bond donors (Lipinski definition) is 0. The smallest absolute Gasteiger partial charge is 0.0112 e. The van der Waals surface area contributed by atoms with E-state index in [4.69, 9.17) is 0 Å². The molecule has 25 heavy (non-hydrogen) atoms. The number of likely N-dealkylation sites (N-methyl/N-ethyl adjacent to an activating group) is 1. The summed E-state index contributed by atoms with van der Waals surface area (Å²) in [6.45, 7) is 15.2. The van der Waals surface area contributed by atoms with E-state index in [0.717, 1.165) is 18.1 Å². The molecule has 0 radical (unpaired) electrons. The molecule has 0 amide bonds. The fraction of sp³-hybridized carbons (Fsp3) is 1.00. The minimum Gasteiger partial charge on any atom is -0.305 e. The predicted molar refractivity (Wildman–Crippen MR) is 107 cm³/mol. The van der Waals surface area contributed by atoms with Gasteiger partial charge in [-0.2, -0.15) is 0 Å². The average molecular weight is 351 g/mol. The molecule has 2 atom stereocenters. The molecule has 146 valence electrons. The summed E-state index contributed by atoms with van der Waals surface area (Å²) in [5, 5.41) is 0. The Hall–Kier alpha value is -0.160. The molecule has 2 saturated heterocycles. The van der Waals surface area contributed by atoms with Gasteiger partial charge in [-0.1, -0.05) is 6.42 Å². The lowest BCUT2D eigenvalue weighted by Crippen LogP contribution is -2.43. The Morgan fingerprint density at radius 2 is 1.28 bits per heavy atom. The molecule has 1 aliphatic carbocycles. The molecule has 4 nitrogen and oxygen atoms in total. The molecule has 2 aliphatic heterocycles. The van der Waals surface area contributed by atoms with Gasteiger partial charge in [-0.15, -0.1) is 0 Å². The lowest BCUT2D eigenvalue weighted by Gasteiger charge is -2.37. The Morgan fingerprint density at radius 3 is 1.88 bits per heavy atom. The summed E-state index contributed by atoms with van der Waals surface area (Å²) in [5.41, 5.74) is 0. The van der Waals surface area contributed by atoms with E-state index in [0.29, 0.717) is 0 Å². The molecule has 0 aromatic carbocycles. The Kier molecular flexibility index (Phi) is 7.59. The first-order valence-electron chi connectivity index (χ1n) is 11.0. The van der Waals surface area contributed by atoms with Gasteiger partial charge in [0.1, 0.15) is 0 Å². The van der Waals surface area contributed by atoms with Crippen LogP contribution in [-0.2, 0) is 0 Å². The molecule has 2 heterocycles. The van der Waals surface area contributed by atoms with E-state index in [1.807, 2.05) is 0 Å². The number of hydrogen-bond acceptors (Lipinski definition) is 4. The van der Waals surface area contributed by atoms with E-state index in [1.165, 1.54) is 97.3 Å². The van der Waals surface area contributed by atoms with E-state index in [-0.39, 0.29) is 0 Å². The summed E-state index contributed by atoms with van der Waals surface area (Å²) < 4.78 is 0. The van der Waals surface area contributed by atoms with Gasteiger partial charge in [-0.05, 0) is 85.6 Å². The summed E-state index contributed by atoms with van der Waals surface area (Å²) in [5.74, 6) is 0. The van der Waals surface area contributed by atoms with Crippen molar-refractivity contribution in [3.63, 3.8) is 0 Å². The molecule has 0 spiro atoms. The zero-order valence-electron chi connectivity index (χ0n) is 17.1. The van der Waals surface area contributed by atoms with Crippen molar-refractivity contribution >= 4 is 0 Å². The fourth-order valence-corrected chi connectivity index (χ4v) is 4.87. The van der Waals surface area contributed by atoms with Crippen molar-refractivity contribution in [1.29, 1.82) is 0 Å². The zero-order chi connectivity index (χ0) is 17.6. The zero-order valence-corrected chi connectivity index (χ0v) is 17.1. The highest BCUT2D eigenvalue weighted by Crippen LogP contribution is 2.26. The van der Waals surface area contributed by atoms with Crippen LogP contribution in [0.5, 0.6) is 0 Å². The third kappa shape index (κ3) is 5.66. The molecule has 3 aliphatic rings. The molecular formula is C21H42N4. The van der Waals surface area contributed by atoms with Gasteiger partial charge < -0.3 is 4.90 Å². The van der Waals surface area contributed by atoms with Gasteiger partial charge in [0, 0.05) is 44.3 Å². The molecule has 0 bridgehead atoms. The molecule has 0 N–H and O–H groups in total. The van der Waals surface area contributed by atoms with E-state index in [1.54, 1.807) is 0 Å². The van der Waals surface area contributed by atoms with E-state index in [9.17, 15) is 0 Å². The molecule has 0 aromatic rings. The first-order valence-corrected chi connectivity index (χ1v) is 11.0. The van der Waals surface area contributed by atoms with Crippen LogP contribution < -0.4 is 0 Å². The molecule has 0 aromatic heterocycles. The van der Waals surface area contributed by atoms with Crippen molar-refractivity contribution < 1.29 is 0 Å². The topological polar surface area (TPSA) is 13.0 Å². The van der Waals surface area contributed by atoms with Crippen LogP contribution in [0, 0.1) is 0 Å². The van der Waals surface area contributed by atoms with Crippen LogP contribution >= 0.6 is 0 Å². The van der Waals surface area contributed by atoms with Crippen LogP contribution in [0.4, 0.5) is 0 Å². The maximum absolute atomic E-state index is 2.78. The van der Waals surface area contributed by atoms with Gasteiger partial charge in [0.25, 0.3) is 0 Å². The molecule has 3 rings (SSSR count). The Labute approximate surface area is 156 Å². The molecule has 3 fully saturated rings. The van der Waals surface area contributed by atoms with Crippen molar-refractivity contribution in [1.82, 2.24) is 19.6 Å². The maximum atomic E-state index is 2.78. The fourth-order valence-electron chi connectivity index (χ4n) is 4.87. The van der Waals surface area contributed by atoms with Crippen LogP contribution in [0.25, 0.3) is 0 Å². The van der Waals surface area contributed by atoms with Gasteiger partial charge in [-0.3, -0.25) is 14.7 Å². The predicted octanol–water partition coefficient (Wildman–Crippen LogP) is 2.74. The van der Waals surface area contributed by atoms with Crippen LogP contribution in [0.2, 0.25) is 0 Å². The third-order valence-electron chi connectivity index (χ3n) is 7.16. The van der Waals surface area contributed by atoms with E-state index in [2.05, 4.69) is 40.5 Å². The third-order valence-corrected chi connectivity index (χ3v) is 7.16. The lowest BCUT2D eigenvalue weighted by atomic mass is 9.91. The van der Waals surface area contributed by atoms with E-state index < -0.39 is 0 Å². The largest absolute Gasteiger partial charge is 0.305 e. The Bertz CT molecular complexity index is 384. The number of nitrogens with zero attached hydrogens (tertiary/aromatic N) is 4. The van der Waals surface area contributed by atoms with Gasteiger partial charge in [0.2, 0.25) is 0 Å². The van der Waals surface area contributed by atoms with Crippen LogP contribution in [0.3, 0.4) is 0 Å². The Morgan fingerprint density at radius 1 is 0.680 bits per heavy atom. The molecule has 2 unspecified atom stereocenters. The normalized spacial score (nSPS) is 28.9. The summed E-state index contributed by atoms with van der Waals surface area (Å²) in [6.07, 6.45) is 9.79. The summed E-state index contributed by atoms with van der Waals surface area (Å²) in [7, 11) is 2.27. The molecule has 4 heteroatoms. The van der Waals surface area contributed by atoms with Crippen molar-refractivity contribution in [2.45, 2.75) is 76.9 Å². The maximum Gasteiger partial charge on any atom is 0.0112 e. The quantitative estimate of drug-likeness (QED) is 0.730. The minimum absolute atomic E-state index is 0.743. The highest BCUT2D eigenvalue weighted by atomic mass is 15.2. The number of rotatable bonds is 6. The van der Waals surface area contributed by atoms with E-state index >= 15 is 0 Å². The van der Waals surface area contributed by atoms with Crippen LogP contribution in [-0.4, -0.2) is 97.1 Å². The first-order chi connectivity index (χ1) is 12.1. The van der Waals surface area contributed by atoms with Crippen molar-refractivity contribution in [3.05, 3.63) is 0 Å². The SMILES string of the molecule is CC(CCC(C)N1CCCN(C2CCC2)CC1)N1CCCN(C)CC1. The minimum atomic E-state index is 0.743. The molecular weight excluding hydrogens is 308 g/mol. The van der Waals surface area contributed by atoms with Crippen molar-refractivity contribution in [2.75, 3.05) is 59.4 Å². The summed E-state index contributed by atoms with van der Waals surface area (Å²) in [6, 6.07) is 2.42. The highest BCUT2D eigenvalue weighted by molar-refractivity contribution is 4.84.